The lowest BCUT2D eigenvalue weighted by atomic mass is 10.1. The van der Waals surface area contributed by atoms with Gasteiger partial charge in [0.2, 0.25) is 5.91 Å². The summed E-state index contributed by atoms with van der Waals surface area (Å²) in [6.07, 6.45) is 1.46. The molecule has 5 nitrogen and oxygen atoms in total. The van der Waals surface area contributed by atoms with E-state index in [1.54, 1.807) is 19.1 Å². The Morgan fingerprint density at radius 3 is 2.65 bits per heavy atom. The summed E-state index contributed by atoms with van der Waals surface area (Å²) in [6.45, 7) is 3.20. The minimum atomic E-state index is -0.987. The second-order valence-electron chi connectivity index (χ2n) is 3.85. The smallest absolute Gasteiger partial charge is 0.337 e. The highest BCUT2D eigenvalue weighted by molar-refractivity contribution is 6.07. The average Bonchev–Trinajstić information content (AvgIpc) is 2.66. The fourth-order valence-electron chi connectivity index (χ4n) is 1.89. The molecule has 0 saturated carbocycles. The van der Waals surface area contributed by atoms with Gasteiger partial charge in [0.25, 0.3) is 0 Å². The van der Waals surface area contributed by atoms with Crippen LogP contribution < -0.4 is 5.32 Å². The lowest BCUT2D eigenvalue weighted by Gasteiger charge is -2.07. The lowest BCUT2D eigenvalue weighted by molar-refractivity contribution is -0.114. The van der Waals surface area contributed by atoms with Gasteiger partial charge in [0, 0.05) is 29.7 Å². The van der Waals surface area contributed by atoms with E-state index in [2.05, 4.69) is 10.3 Å². The number of aromatic nitrogens is 1. The van der Waals surface area contributed by atoms with Gasteiger partial charge in [0.1, 0.15) is 0 Å². The van der Waals surface area contributed by atoms with Crippen LogP contribution in [0.1, 0.15) is 22.8 Å². The van der Waals surface area contributed by atoms with Gasteiger partial charge in [-0.05, 0) is 24.6 Å². The molecule has 0 atom stereocenters. The van der Waals surface area contributed by atoms with Gasteiger partial charge in [-0.25, -0.2) is 4.79 Å². The Morgan fingerprint density at radius 1 is 1.35 bits per heavy atom. The summed E-state index contributed by atoms with van der Waals surface area (Å²) in [6, 6.07) is 3.50. The number of aromatic carboxylic acids is 1. The van der Waals surface area contributed by atoms with Gasteiger partial charge >= 0.3 is 5.97 Å². The SMILES string of the molecule is CC(=O)Nc1ccc2[nH]cc(C(=O)O)c2c1C. The van der Waals surface area contributed by atoms with Crippen molar-refractivity contribution in [1.29, 1.82) is 0 Å². The molecule has 0 bridgehead atoms. The summed E-state index contributed by atoms with van der Waals surface area (Å²) in [7, 11) is 0. The molecule has 5 heteroatoms. The molecule has 0 aliphatic rings. The van der Waals surface area contributed by atoms with Gasteiger partial charge in [-0.15, -0.1) is 0 Å². The highest BCUT2D eigenvalue weighted by Gasteiger charge is 2.14. The molecular formula is C12H12N2O3. The molecule has 2 aromatic rings. The molecule has 0 spiro atoms. The summed E-state index contributed by atoms with van der Waals surface area (Å²) in [4.78, 5) is 25.0. The van der Waals surface area contributed by atoms with Crippen molar-refractivity contribution in [2.45, 2.75) is 13.8 Å². The number of amides is 1. The molecule has 1 heterocycles. The summed E-state index contributed by atoms with van der Waals surface area (Å²) < 4.78 is 0. The zero-order valence-corrected chi connectivity index (χ0v) is 9.50. The van der Waals surface area contributed by atoms with Gasteiger partial charge in [-0.1, -0.05) is 0 Å². The average molecular weight is 232 g/mol. The number of aromatic amines is 1. The van der Waals surface area contributed by atoms with Crippen LogP contribution in [0.5, 0.6) is 0 Å². The fourth-order valence-corrected chi connectivity index (χ4v) is 1.89. The Kier molecular flexibility index (Phi) is 2.59. The third-order valence-corrected chi connectivity index (χ3v) is 2.65. The van der Waals surface area contributed by atoms with Crippen LogP contribution in [0.4, 0.5) is 5.69 Å². The predicted molar refractivity (Wildman–Crippen MR) is 64.3 cm³/mol. The number of carbonyl (C=O) groups is 2. The number of H-pyrrole nitrogens is 1. The quantitative estimate of drug-likeness (QED) is 0.741. The number of aryl methyl sites for hydroxylation is 1. The number of hydrogen-bond donors (Lipinski definition) is 3. The Labute approximate surface area is 97.4 Å². The molecule has 0 aliphatic carbocycles. The predicted octanol–water partition coefficient (Wildman–Crippen LogP) is 2.13. The van der Waals surface area contributed by atoms with E-state index in [0.717, 1.165) is 11.1 Å². The minimum absolute atomic E-state index is 0.181. The largest absolute Gasteiger partial charge is 0.478 e. The van der Waals surface area contributed by atoms with E-state index in [9.17, 15) is 9.59 Å². The molecule has 17 heavy (non-hydrogen) atoms. The number of carbonyl (C=O) groups excluding carboxylic acids is 1. The van der Waals surface area contributed by atoms with Crippen molar-refractivity contribution in [2.24, 2.45) is 0 Å². The maximum absolute atomic E-state index is 11.1. The zero-order chi connectivity index (χ0) is 12.6. The summed E-state index contributed by atoms with van der Waals surface area (Å²) in [5.74, 6) is -1.17. The van der Waals surface area contributed by atoms with Crippen molar-refractivity contribution in [2.75, 3.05) is 5.32 Å². The fraction of sp³-hybridized carbons (Fsp3) is 0.167. The maximum Gasteiger partial charge on any atom is 0.337 e. The van der Waals surface area contributed by atoms with Crippen molar-refractivity contribution < 1.29 is 14.7 Å². The highest BCUT2D eigenvalue weighted by Crippen LogP contribution is 2.28. The van der Waals surface area contributed by atoms with E-state index in [-0.39, 0.29) is 11.5 Å². The molecule has 1 amide bonds. The van der Waals surface area contributed by atoms with E-state index >= 15 is 0 Å². The van der Waals surface area contributed by atoms with Gasteiger partial charge in [0.05, 0.1) is 5.56 Å². The molecule has 1 aromatic carbocycles. The van der Waals surface area contributed by atoms with E-state index in [4.69, 9.17) is 5.11 Å². The topological polar surface area (TPSA) is 82.2 Å². The molecule has 1 aromatic heterocycles. The number of carboxylic acids is 1. The second kappa shape index (κ2) is 3.93. The zero-order valence-electron chi connectivity index (χ0n) is 9.50. The summed E-state index contributed by atoms with van der Waals surface area (Å²) in [5.41, 5.74) is 2.34. The minimum Gasteiger partial charge on any atom is -0.478 e. The monoisotopic (exact) mass is 232 g/mol. The van der Waals surface area contributed by atoms with Gasteiger partial charge in [0.15, 0.2) is 0 Å². The van der Waals surface area contributed by atoms with Crippen LogP contribution in [-0.2, 0) is 4.79 Å². The van der Waals surface area contributed by atoms with Crippen molar-refractivity contribution in [1.82, 2.24) is 4.98 Å². The third-order valence-electron chi connectivity index (χ3n) is 2.65. The Balaban J connectivity index is 2.67. The summed E-state index contributed by atoms with van der Waals surface area (Å²) in [5, 5.41) is 12.4. The van der Waals surface area contributed by atoms with Crippen LogP contribution in [0.3, 0.4) is 0 Å². The number of carboxylic acid groups (broad SMARTS) is 1. The Bertz CT molecular complexity index is 613. The van der Waals surface area contributed by atoms with Crippen molar-refractivity contribution in [3.63, 3.8) is 0 Å². The van der Waals surface area contributed by atoms with Crippen LogP contribution >= 0.6 is 0 Å². The van der Waals surface area contributed by atoms with Crippen LogP contribution in [-0.4, -0.2) is 22.0 Å². The number of benzene rings is 1. The second-order valence-corrected chi connectivity index (χ2v) is 3.85. The van der Waals surface area contributed by atoms with E-state index in [1.165, 1.54) is 13.1 Å². The standard InChI is InChI=1S/C12H12N2O3/c1-6-9(14-7(2)15)3-4-10-11(6)8(5-13-10)12(16)17/h3-5,13H,1-2H3,(H,14,15)(H,16,17). The molecule has 3 N–H and O–H groups in total. The maximum atomic E-state index is 11.1. The highest BCUT2D eigenvalue weighted by atomic mass is 16.4. The molecule has 0 unspecified atom stereocenters. The molecule has 0 radical (unpaired) electrons. The number of anilines is 1. The molecule has 2 rings (SSSR count). The number of fused-ring (bicyclic) bond motifs is 1. The third kappa shape index (κ3) is 1.87. The first-order valence-corrected chi connectivity index (χ1v) is 5.12. The molecule has 0 aliphatic heterocycles. The van der Waals surface area contributed by atoms with Crippen LogP contribution in [0.15, 0.2) is 18.3 Å². The van der Waals surface area contributed by atoms with E-state index in [1.807, 2.05) is 0 Å². The number of hydrogen-bond acceptors (Lipinski definition) is 2. The number of nitrogens with one attached hydrogen (secondary N) is 2. The first-order chi connectivity index (χ1) is 8.00. The van der Waals surface area contributed by atoms with Crippen molar-refractivity contribution in [3.8, 4) is 0 Å². The molecular weight excluding hydrogens is 220 g/mol. The lowest BCUT2D eigenvalue weighted by Crippen LogP contribution is -2.07. The molecule has 0 saturated heterocycles. The van der Waals surface area contributed by atoms with Crippen LogP contribution in [0, 0.1) is 6.92 Å². The summed E-state index contributed by atoms with van der Waals surface area (Å²) >= 11 is 0. The van der Waals surface area contributed by atoms with E-state index in [0.29, 0.717) is 11.1 Å². The van der Waals surface area contributed by atoms with Crippen molar-refractivity contribution in [3.05, 3.63) is 29.5 Å². The van der Waals surface area contributed by atoms with E-state index < -0.39 is 5.97 Å². The first kappa shape index (κ1) is 11.2. The molecule has 0 fully saturated rings. The van der Waals surface area contributed by atoms with Gasteiger partial charge in [-0.2, -0.15) is 0 Å². The van der Waals surface area contributed by atoms with Crippen LogP contribution in [0.25, 0.3) is 10.9 Å². The normalized spacial score (nSPS) is 10.5. The van der Waals surface area contributed by atoms with Crippen molar-refractivity contribution >= 4 is 28.5 Å². The number of rotatable bonds is 2. The Hall–Kier alpha value is -2.30. The van der Waals surface area contributed by atoms with Gasteiger partial charge < -0.3 is 15.4 Å². The molecule has 88 valence electrons. The first-order valence-electron chi connectivity index (χ1n) is 5.12. The Morgan fingerprint density at radius 2 is 2.06 bits per heavy atom. The van der Waals surface area contributed by atoms with Gasteiger partial charge in [-0.3, -0.25) is 4.79 Å². The van der Waals surface area contributed by atoms with Crippen LogP contribution in [0.2, 0.25) is 0 Å².